The Balaban J connectivity index is 1.57. The van der Waals surface area contributed by atoms with Gasteiger partial charge in [0, 0.05) is 37.9 Å². The lowest BCUT2D eigenvalue weighted by molar-refractivity contribution is 0.340. The van der Waals surface area contributed by atoms with E-state index in [1.54, 1.807) is 0 Å². The highest BCUT2D eigenvalue weighted by molar-refractivity contribution is 9.10. The van der Waals surface area contributed by atoms with Crippen LogP contribution in [0.5, 0.6) is 0 Å². The van der Waals surface area contributed by atoms with Gasteiger partial charge in [0.05, 0.1) is 10.7 Å². The normalized spacial score (nSPS) is 15.8. The third-order valence-corrected chi connectivity index (χ3v) is 3.50. The summed E-state index contributed by atoms with van der Waals surface area (Å²) in [5.74, 6) is 2.50. The molecule has 18 heavy (non-hydrogen) atoms. The first-order valence-corrected chi connectivity index (χ1v) is 6.72. The first-order chi connectivity index (χ1) is 8.70. The van der Waals surface area contributed by atoms with Gasteiger partial charge in [0.15, 0.2) is 0 Å². The van der Waals surface area contributed by atoms with Gasteiger partial charge in [0.2, 0.25) is 0 Å². The highest BCUT2D eigenvalue weighted by Crippen LogP contribution is 2.23. The van der Waals surface area contributed by atoms with Gasteiger partial charge in [0.1, 0.15) is 11.6 Å². The molecule has 1 aliphatic rings. The molecule has 0 spiro atoms. The summed E-state index contributed by atoms with van der Waals surface area (Å²) in [5.41, 5.74) is 0. The van der Waals surface area contributed by atoms with Gasteiger partial charge in [-0.05, 0) is 28.9 Å². The van der Waals surface area contributed by atoms with Crippen LogP contribution in [0.3, 0.4) is 0 Å². The quantitative estimate of drug-likeness (QED) is 0.868. The standard InChI is InChI=1S/C12H14BrN5/c1-9-14-3-2-12(16-9)17-5-10(6-17)7-18-8-11(13)4-15-18/h2-4,8,10H,5-7H2,1H3. The summed E-state index contributed by atoms with van der Waals surface area (Å²) in [7, 11) is 0. The van der Waals surface area contributed by atoms with Crippen LogP contribution in [0.4, 0.5) is 5.82 Å². The van der Waals surface area contributed by atoms with Crippen molar-refractivity contribution < 1.29 is 0 Å². The predicted molar refractivity (Wildman–Crippen MR) is 72.4 cm³/mol. The van der Waals surface area contributed by atoms with Gasteiger partial charge in [-0.25, -0.2) is 9.97 Å². The number of rotatable bonds is 3. The third kappa shape index (κ3) is 2.38. The van der Waals surface area contributed by atoms with Crippen molar-refractivity contribution in [1.82, 2.24) is 19.7 Å². The van der Waals surface area contributed by atoms with E-state index in [0.717, 1.165) is 35.7 Å². The molecule has 0 unspecified atom stereocenters. The smallest absolute Gasteiger partial charge is 0.132 e. The molecule has 2 aromatic heterocycles. The molecule has 0 saturated carbocycles. The van der Waals surface area contributed by atoms with Gasteiger partial charge >= 0.3 is 0 Å². The molecular formula is C12H14BrN5. The van der Waals surface area contributed by atoms with Crippen LogP contribution in [-0.4, -0.2) is 32.8 Å². The molecule has 0 amide bonds. The fourth-order valence-electron chi connectivity index (χ4n) is 2.19. The van der Waals surface area contributed by atoms with Gasteiger partial charge in [0.25, 0.3) is 0 Å². The second-order valence-corrected chi connectivity index (χ2v) is 5.53. The van der Waals surface area contributed by atoms with Crippen molar-refractivity contribution >= 4 is 21.7 Å². The Morgan fingerprint density at radius 2 is 2.28 bits per heavy atom. The highest BCUT2D eigenvalue weighted by Gasteiger charge is 2.28. The lowest BCUT2D eigenvalue weighted by atomic mass is 10.0. The van der Waals surface area contributed by atoms with Crippen LogP contribution in [0.25, 0.3) is 0 Å². The number of anilines is 1. The van der Waals surface area contributed by atoms with E-state index in [1.807, 2.05) is 36.3 Å². The zero-order chi connectivity index (χ0) is 12.5. The molecule has 0 aliphatic carbocycles. The average Bonchev–Trinajstić information content (AvgIpc) is 2.69. The average molecular weight is 308 g/mol. The van der Waals surface area contributed by atoms with Gasteiger partial charge in [-0.2, -0.15) is 5.10 Å². The SMILES string of the molecule is Cc1nccc(N2CC(Cn3cc(Br)cn3)C2)n1. The molecule has 2 aromatic rings. The number of nitrogens with zero attached hydrogens (tertiary/aromatic N) is 5. The number of aryl methyl sites for hydroxylation is 1. The van der Waals surface area contributed by atoms with Gasteiger partial charge in [-0.3, -0.25) is 4.68 Å². The zero-order valence-corrected chi connectivity index (χ0v) is 11.7. The van der Waals surface area contributed by atoms with E-state index < -0.39 is 0 Å². The van der Waals surface area contributed by atoms with E-state index in [1.165, 1.54) is 0 Å². The molecular weight excluding hydrogens is 294 g/mol. The molecule has 0 radical (unpaired) electrons. The minimum absolute atomic E-state index is 0.645. The van der Waals surface area contributed by atoms with E-state index >= 15 is 0 Å². The molecule has 0 N–H and O–H groups in total. The molecule has 1 fully saturated rings. The predicted octanol–water partition coefficient (Wildman–Crippen LogP) is 1.88. The van der Waals surface area contributed by atoms with Crippen molar-refractivity contribution in [2.45, 2.75) is 13.5 Å². The summed E-state index contributed by atoms with van der Waals surface area (Å²) in [6.07, 6.45) is 5.65. The summed E-state index contributed by atoms with van der Waals surface area (Å²) < 4.78 is 3.02. The van der Waals surface area contributed by atoms with Crippen LogP contribution in [-0.2, 0) is 6.54 Å². The van der Waals surface area contributed by atoms with E-state index in [-0.39, 0.29) is 0 Å². The molecule has 5 nitrogen and oxygen atoms in total. The lowest BCUT2D eigenvalue weighted by Gasteiger charge is -2.40. The van der Waals surface area contributed by atoms with Crippen molar-refractivity contribution in [2.75, 3.05) is 18.0 Å². The maximum absolute atomic E-state index is 4.43. The van der Waals surface area contributed by atoms with Crippen molar-refractivity contribution in [1.29, 1.82) is 0 Å². The second kappa shape index (κ2) is 4.68. The Kier molecular flexibility index (Phi) is 3.03. The van der Waals surface area contributed by atoms with Crippen LogP contribution >= 0.6 is 15.9 Å². The largest absolute Gasteiger partial charge is 0.356 e. The number of hydrogen-bond donors (Lipinski definition) is 0. The lowest BCUT2D eigenvalue weighted by Crippen LogP contribution is -2.49. The summed E-state index contributed by atoms with van der Waals surface area (Å²) >= 11 is 3.41. The Morgan fingerprint density at radius 3 is 2.94 bits per heavy atom. The van der Waals surface area contributed by atoms with Gasteiger partial charge < -0.3 is 4.90 Å². The molecule has 0 bridgehead atoms. The van der Waals surface area contributed by atoms with Crippen LogP contribution < -0.4 is 4.90 Å². The van der Waals surface area contributed by atoms with E-state index in [9.17, 15) is 0 Å². The second-order valence-electron chi connectivity index (χ2n) is 4.61. The van der Waals surface area contributed by atoms with Crippen LogP contribution in [0.1, 0.15) is 5.82 Å². The van der Waals surface area contributed by atoms with Crippen LogP contribution in [0.2, 0.25) is 0 Å². The molecule has 3 rings (SSSR count). The van der Waals surface area contributed by atoms with Crippen LogP contribution in [0.15, 0.2) is 29.1 Å². The fraction of sp³-hybridized carbons (Fsp3) is 0.417. The Bertz CT molecular complexity index is 547. The number of hydrogen-bond acceptors (Lipinski definition) is 4. The molecule has 0 aromatic carbocycles. The van der Waals surface area contributed by atoms with E-state index in [0.29, 0.717) is 5.92 Å². The zero-order valence-electron chi connectivity index (χ0n) is 10.1. The monoisotopic (exact) mass is 307 g/mol. The number of aromatic nitrogens is 4. The third-order valence-electron chi connectivity index (χ3n) is 3.09. The van der Waals surface area contributed by atoms with E-state index in [4.69, 9.17) is 0 Å². The minimum Gasteiger partial charge on any atom is -0.356 e. The molecule has 0 atom stereocenters. The van der Waals surface area contributed by atoms with Crippen LogP contribution in [0, 0.1) is 12.8 Å². The summed E-state index contributed by atoms with van der Waals surface area (Å²) in [5, 5.41) is 4.28. The molecule has 1 aliphatic heterocycles. The van der Waals surface area contributed by atoms with Crippen molar-refractivity contribution in [3.8, 4) is 0 Å². The van der Waals surface area contributed by atoms with Gasteiger partial charge in [-0.1, -0.05) is 0 Å². The highest BCUT2D eigenvalue weighted by atomic mass is 79.9. The van der Waals surface area contributed by atoms with Crippen molar-refractivity contribution in [3.05, 3.63) is 35.0 Å². The van der Waals surface area contributed by atoms with E-state index in [2.05, 4.69) is 35.9 Å². The Hall–Kier alpha value is -1.43. The Morgan fingerprint density at radius 1 is 1.44 bits per heavy atom. The van der Waals surface area contributed by atoms with Crippen molar-refractivity contribution in [3.63, 3.8) is 0 Å². The molecule has 1 saturated heterocycles. The maximum atomic E-state index is 4.43. The molecule has 3 heterocycles. The fourth-order valence-corrected chi connectivity index (χ4v) is 2.52. The molecule has 6 heteroatoms. The summed E-state index contributed by atoms with van der Waals surface area (Å²) in [6, 6.07) is 1.97. The van der Waals surface area contributed by atoms with Gasteiger partial charge in [-0.15, -0.1) is 0 Å². The van der Waals surface area contributed by atoms with Crippen molar-refractivity contribution in [2.24, 2.45) is 5.92 Å². The first-order valence-electron chi connectivity index (χ1n) is 5.93. The summed E-state index contributed by atoms with van der Waals surface area (Å²) in [4.78, 5) is 10.8. The first kappa shape index (κ1) is 11.6. The number of halogens is 1. The minimum atomic E-state index is 0.645. The maximum Gasteiger partial charge on any atom is 0.132 e. The summed E-state index contributed by atoms with van der Waals surface area (Å²) in [6.45, 7) is 4.95. The topological polar surface area (TPSA) is 46.8 Å². The molecule has 94 valence electrons. The Labute approximate surface area is 114 Å².